The number of non-ortho nitro benzene ring substituents is 1. The molecule has 0 aliphatic carbocycles. The van der Waals surface area contributed by atoms with Crippen molar-refractivity contribution in [3.05, 3.63) is 92.1 Å². The first-order valence-electron chi connectivity index (χ1n) is 12.4. The fourth-order valence-electron chi connectivity index (χ4n) is 4.05. The van der Waals surface area contributed by atoms with Crippen molar-refractivity contribution in [3.8, 4) is 5.75 Å². The molecule has 1 saturated heterocycles. The van der Waals surface area contributed by atoms with Crippen LogP contribution in [-0.2, 0) is 9.59 Å². The molecule has 1 fully saturated rings. The average molecular weight is 615 g/mol. The molecule has 0 aromatic heterocycles. The summed E-state index contributed by atoms with van der Waals surface area (Å²) in [5, 5.41) is 13.5. The van der Waals surface area contributed by atoms with Crippen LogP contribution in [-0.4, -0.2) is 40.8 Å². The lowest BCUT2D eigenvalue weighted by atomic mass is 10.1. The van der Waals surface area contributed by atoms with Gasteiger partial charge in [-0.3, -0.25) is 24.6 Å². The third-order valence-electron chi connectivity index (χ3n) is 6.07. The number of nitro benzene ring substituents is 1. The Morgan fingerprint density at radius 2 is 1.95 bits per heavy atom. The number of rotatable bonds is 10. The third-order valence-corrected chi connectivity index (χ3v) is 7.66. The highest BCUT2D eigenvalue weighted by molar-refractivity contribution is 8.27. The number of thioether (sulfide) groups is 1. The van der Waals surface area contributed by atoms with Crippen molar-refractivity contribution in [2.45, 2.75) is 13.8 Å². The third kappa shape index (κ3) is 7.02. The first-order valence-corrected chi connectivity index (χ1v) is 14.0. The van der Waals surface area contributed by atoms with Gasteiger partial charge < -0.3 is 15.0 Å². The average Bonchev–Trinajstić information content (AvgIpc) is 3.23. The molecular weight excluding hydrogens is 591 g/mol. The molecule has 3 aromatic carbocycles. The zero-order valence-corrected chi connectivity index (χ0v) is 24.3. The summed E-state index contributed by atoms with van der Waals surface area (Å²) in [6, 6.07) is 14.9. The Bertz CT molecular complexity index is 1560. The highest BCUT2D eigenvalue weighted by Gasteiger charge is 2.34. The largest absolute Gasteiger partial charge is 0.483 e. The number of nitro groups is 1. The summed E-state index contributed by atoms with van der Waals surface area (Å²) >= 11 is 12.4. The Balaban J connectivity index is 1.59. The van der Waals surface area contributed by atoms with E-state index in [1.165, 1.54) is 41.3 Å². The van der Waals surface area contributed by atoms with Crippen LogP contribution in [0.15, 0.2) is 65.6 Å². The molecule has 1 heterocycles. The topological polar surface area (TPSA) is 105 Å². The number of ether oxygens (including phenoxy) is 1. The van der Waals surface area contributed by atoms with E-state index in [0.29, 0.717) is 21.9 Å². The van der Waals surface area contributed by atoms with Gasteiger partial charge in [0.25, 0.3) is 17.5 Å². The van der Waals surface area contributed by atoms with Gasteiger partial charge in [0.05, 0.1) is 20.5 Å². The van der Waals surface area contributed by atoms with E-state index >= 15 is 0 Å². The standard InChI is InChI=1S/C28H24ClFN4O5S2/c1-3-32(4-2)19-9-8-17(12-25-27(36)33(28(40)41-25)20-10-11-23(30)22(29)14-20)24(15-19)39-16-26(35)31-18-6-5-7-21(13-18)34(37)38/h5-15H,3-4,16H2,1-2H3,(H,31,35). The predicted molar refractivity (Wildman–Crippen MR) is 164 cm³/mol. The smallest absolute Gasteiger partial charge is 0.271 e. The molecular formula is C28H24ClFN4O5S2. The minimum atomic E-state index is -0.610. The van der Waals surface area contributed by atoms with Crippen LogP contribution < -0.4 is 19.9 Å². The summed E-state index contributed by atoms with van der Waals surface area (Å²) in [5.74, 6) is -1.20. The van der Waals surface area contributed by atoms with Crippen LogP contribution in [0.4, 0.5) is 27.1 Å². The van der Waals surface area contributed by atoms with E-state index in [4.69, 9.17) is 28.6 Å². The number of anilines is 3. The van der Waals surface area contributed by atoms with Crippen molar-refractivity contribution in [2.75, 3.05) is 34.8 Å². The molecule has 212 valence electrons. The molecule has 0 spiro atoms. The summed E-state index contributed by atoms with van der Waals surface area (Å²) in [4.78, 5) is 40.1. The van der Waals surface area contributed by atoms with Gasteiger partial charge in [-0.25, -0.2) is 4.39 Å². The van der Waals surface area contributed by atoms with Gasteiger partial charge in [-0.15, -0.1) is 0 Å². The van der Waals surface area contributed by atoms with E-state index in [1.54, 1.807) is 18.2 Å². The van der Waals surface area contributed by atoms with Crippen LogP contribution in [0.25, 0.3) is 6.08 Å². The van der Waals surface area contributed by atoms with E-state index in [9.17, 15) is 24.1 Å². The summed E-state index contributed by atoms with van der Waals surface area (Å²) in [7, 11) is 0. The summed E-state index contributed by atoms with van der Waals surface area (Å²) in [5.41, 5.74) is 1.83. The number of carbonyl (C=O) groups excluding carboxylic acids is 2. The molecule has 1 N–H and O–H groups in total. The van der Waals surface area contributed by atoms with Crippen molar-refractivity contribution >= 4 is 80.5 Å². The van der Waals surface area contributed by atoms with E-state index in [1.807, 2.05) is 19.9 Å². The second-order valence-electron chi connectivity index (χ2n) is 8.65. The van der Waals surface area contributed by atoms with Crippen molar-refractivity contribution < 1.29 is 23.6 Å². The van der Waals surface area contributed by atoms with Gasteiger partial charge in [0, 0.05) is 48.2 Å². The fraction of sp³-hybridized carbons (Fsp3) is 0.179. The Kier molecular flexibility index (Phi) is 9.58. The Labute approximate surface area is 250 Å². The number of benzene rings is 3. The van der Waals surface area contributed by atoms with Crippen LogP contribution in [0.2, 0.25) is 5.02 Å². The van der Waals surface area contributed by atoms with Gasteiger partial charge in [-0.2, -0.15) is 0 Å². The van der Waals surface area contributed by atoms with E-state index in [0.717, 1.165) is 36.6 Å². The minimum absolute atomic E-state index is 0.133. The number of halogens is 2. The minimum Gasteiger partial charge on any atom is -0.483 e. The first kappa shape index (κ1) is 30.0. The lowest BCUT2D eigenvalue weighted by molar-refractivity contribution is -0.384. The lowest BCUT2D eigenvalue weighted by Gasteiger charge is -2.22. The van der Waals surface area contributed by atoms with Crippen LogP contribution in [0.3, 0.4) is 0 Å². The molecule has 0 atom stereocenters. The maximum Gasteiger partial charge on any atom is 0.271 e. The van der Waals surface area contributed by atoms with Gasteiger partial charge in [0.2, 0.25) is 0 Å². The lowest BCUT2D eigenvalue weighted by Crippen LogP contribution is -2.27. The molecule has 41 heavy (non-hydrogen) atoms. The van der Waals surface area contributed by atoms with E-state index in [2.05, 4.69) is 10.2 Å². The monoisotopic (exact) mass is 614 g/mol. The van der Waals surface area contributed by atoms with Crippen LogP contribution >= 0.6 is 35.6 Å². The summed E-state index contributed by atoms with van der Waals surface area (Å²) < 4.78 is 19.8. The number of nitrogens with one attached hydrogen (secondary N) is 1. The molecule has 1 aliphatic heterocycles. The number of hydrogen-bond donors (Lipinski definition) is 1. The molecule has 0 unspecified atom stereocenters. The molecule has 0 bridgehead atoms. The normalized spacial score (nSPS) is 14.0. The van der Waals surface area contributed by atoms with Crippen molar-refractivity contribution in [1.82, 2.24) is 0 Å². The number of nitrogens with zero attached hydrogens (tertiary/aromatic N) is 3. The number of amides is 2. The zero-order valence-electron chi connectivity index (χ0n) is 21.9. The molecule has 0 saturated carbocycles. The van der Waals surface area contributed by atoms with Gasteiger partial charge in [-0.1, -0.05) is 41.6 Å². The van der Waals surface area contributed by atoms with Gasteiger partial charge in [-0.05, 0) is 56.3 Å². The number of hydrogen-bond acceptors (Lipinski definition) is 8. The van der Waals surface area contributed by atoms with E-state index < -0.39 is 22.6 Å². The van der Waals surface area contributed by atoms with Crippen molar-refractivity contribution in [1.29, 1.82) is 0 Å². The first-order chi connectivity index (χ1) is 19.6. The Hall–Kier alpha value is -4.00. The van der Waals surface area contributed by atoms with Crippen molar-refractivity contribution in [2.24, 2.45) is 0 Å². The Morgan fingerprint density at radius 3 is 2.63 bits per heavy atom. The second-order valence-corrected chi connectivity index (χ2v) is 10.7. The van der Waals surface area contributed by atoms with Gasteiger partial charge in [0.1, 0.15) is 11.6 Å². The SMILES string of the molecule is CCN(CC)c1ccc(C=C2SC(=S)N(c3ccc(F)c(Cl)c3)C2=O)c(OCC(=O)Nc2cccc([N+](=O)[O-])c2)c1. The van der Waals surface area contributed by atoms with Crippen molar-refractivity contribution in [3.63, 3.8) is 0 Å². The Morgan fingerprint density at radius 1 is 1.20 bits per heavy atom. The molecule has 0 radical (unpaired) electrons. The molecule has 1 aliphatic rings. The van der Waals surface area contributed by atoms with Crippen LogP contribution in [0.5, 0.6) is 5.75 Å². The van der Waals surface area contributed by atoms with E-state index in [-0.39, 0.29) is 27.3 Å². The number of carbonyl (C=O) groups is 2. The second kappa shape index (κ2) is 13.1. The molecule has 3 aromatic rings. The highest BCUT2D eigenvalue weighted by atomic mass is 35.5. The predicted octanol–water partition coefficient (Wildman–Crippen LogP) is 6.66. The molecule has 13 heteroatoms. The van der Waals surface area contributed by atoms with Crippen LogP contribution in [0, 0.1) is 15.9 Å². The summed E-state index contributed by atoms with van der Waals surface area (Å²) in [6.07, 6.45) is 1.62. The maximum atomic E-state index is 13.7. The highest BCUT2D eigenvalue weighted by Crippen LogP contribution is 2.38. The van der Waals surface area contributed by atoms with Crippen LogP contribution in [0.1, 0.15) is 19.4 Å². The summed E-state index contributed by atoms with van der Waals surface area (Å²) in [6.45, 7) is 5.11. The fourth-order valence-corrected chi connectivity index (χ4v) is 5.51. The molecule has 4 rings (SSSR count). The molecule has 9 nitrogen and oxygen atoms in total. The van der Waals surface area contributed by atoms with Gasteiger partial charge in [0.15, 0.2) is 10.9 Å². The maximum absolute atomic E-state index is 13.7. The zero-order chi connectivity index (χ0) is 29.7. The number of thiocarbonyl (C=S) groups is 1. The van der Waals surface area contributed by atoms with Gasteiger partial charge >= 0.3 is 0 Å². The quantitative estimate of drug-likeness (QED) is 0.117. The molecule has 2 amide bonds.